The number of benzene rings is 3. The van der Waals surface area contributed by atoms with E-state index < -0.39 is 5.97 Å². The Kier molecular flexibility index (Phi) is 6.18. The van der Waals surface area contributed by atoms with Crippen LogP contribution in [0.2, 0.25) is 0 Å². The Balaban J connectivity index is 1.22. The van der Waals surface area contributed by atoms with Crippen LogP contribution in [0.5, 0.6) is 5.75 Å². The maximum Gasteiger partial charge on any atom is 0.306 e. The highest BCUT2D eigenvalue weighted by molar-refractivity contribution is 6.07. The fraction of sp³-hybridized carbons (Fsp3) is 0.312. The number of carbonyl (C=O) groups is 2. The van der Waals surface area contributed by atoms with Crippen molar-refractivity contribution in [3.63, 3.8) is 0 Å². The molecule has 0 saturated heterocycles. The second kappa shape index (κ2) is 9.67. The topological polar surface area (TPSA) is 80.6 Å². The second-order valence-electron chi connectivity index (χ2n) is 10.8. The molecule has 194 valence electrons. The predicted molar refractivity (Wildman–Crippen MR) is 147 cm³/mol. The average molecular weight is 509 g/mol. The monoisotopic (exact) mass is 508 g/mol. The first-order valence-electron chi connectivity index (χ1n) is 13.4. The lowest BCUT2D eigenvalue weighted by Crippen LogP contribution is -2.57. The number of carboxylic acid groups (broad SMARTS) is 1. The minimum atomic E-state index is -0.699. The summed E-state index contributed by atoms with van der Waals surface area (Å²) >= 11 is 0. The molecule has 6 rings (SSSR count). The standard InChI is InChI=1S/C32H32N2O4/c1-2-38-28-13-12-27(30(35)33-25-18-32(19-25)16-24(17-32)31(36)37)29-26(28)14-15-34(29)20-21-8-10-23(11-9-21)22-6-4-3-5-7-22/h3-15,24-25H,2,16-20H2,1H3,(H,33,35)(H,36,37). The first-order chi connectivity index (χ1) is 18.4. The van der Waals surface area contributed by atoms with Gasteiger partial charge in [-0.25, -0.2) is 0 Å². The van der Waals surface area contributed by atoms with Crippen molar-refractivity contribution in [3.05, 3.63) is 90.1 Å². The molecule has 4 aromatic rings. The summed E-state index contributed by atoms with van der Waals surface area (Å²) in [6.45, 7) is 3.14. The molecule has 2 saturated carbocycles. The van der Waals surface area contributed by atoms with Crippen LogP contribution in [0.4, 0.5) is 0 Å². The van der Waals surface area contributed by atoms with Crippen LogP contribution in [0, 0.1) is 11.3 Å². The van der Waals surface area contributed by atoms with Crippen molar-refractivity contribution in [1.82, 2.24) is 9.88 Å². The highest BCUT2D eigenvalue weighted by atomic mass is 16.5. The molecule has 1 spiro atoms. The smallest absolute Gasteiger partial charge is 0.306 e. The van der Waals surface area contributed by atoms with Crippen molar-refractivity contribution in [2.75, 3.05) is 6.61 Å². The Morgan fingerprint density at radius 2 is 1.66 bits per heavy atom. The lowest BCUT2D eigenvalue weighted by atomic mass is 9.50. The number of fused-ring (bicyclic) bond motifs is 1. The summed E-state index contributed by atoms with van der Waals surface area (Å²) in [7, 11) is 0. The number of hydrogen-bond donors (Lipinski definition) is 2. The van der Waals surface area contributed by atoms with E-state index in [0.717, 1.165) is 47.9 Å². The molecule has 1 aromatic heterocycles. The van der Waals surface area contributed by atoms with Gasteiger partial charge in [-0.2, -0.15) is 0 Å². The van der Waals surface area contributed by atoms with E-state index in [1.165, 1.54) is 11.1 Å². The van der Waals surface area contributed by atoms with Crippen LogP contribution in [-0.4, -0.2) is 34.2 Å². The van der Waals surface area contributed by atoms with Crippen molar-refractivity contribution in [2.45, 2.75) is 45.2 Å². The number of nitrogens with one attached hydrogen (secondary N) is 1. The van der Waals surface area contributed by atoms with Gasteiger partial charge in [-0.1, -0.05) is 54.6 Å². The summed E-state index contributed by atoms with van der Waals surface area (Å²) in [6.07, 6.45) is 5.20. The van der Waals surface area contributed by atoms with E-state index in [4.69, 9.17) is 4.74 Å². The van der Waals surface area contributed by atoms with Gasteiger partial charge < -0.3 is 19.7 Å². The van der Waals surface area contributed by atoms with E-state index in [1.54, 1.807) is 0 Å². The van der Waals surface area contributed by atoms with Crippen LogP contribution in [0.15, 0.2) is 79.0 Å². The molecule has 38 heavy (non-hydrogen) atoms. The number of hydrogen-bond acceptors (Lipinski definition) is 3. The van der Waals surface area contributed by atoms with Gasteiger partial charge in [0.15, 0.2) is 0 Å². The van der Waals surface area contributed by atoms with Crippen LogP contribution >= 0.6 is 0 Å². The van der Waals surface area contributed by atoms with Crippen LogP contribution in [0.25, 0.3) is 22.0 Å². The van der Waals surface area contributed by atoms with Gasteiger partial charge in [0.25, 0.3) is 5.91 Å². The van der Waals surface area contributed by atoms with E-state index in [9.17, 15) is 14.7 Å². The number of amides is 1. The van der Waals surface area contributed by atoms with Crippen LogP contribution in [-0.2, 0) is 11.3 Å². The summed E-state index contributed by atoms with van der Waals surface area (Å²) in [6, 6.07) is 24.7. The van der Waals surface area contributed by atoms with Gasteiger partial charge >= 0.3 is 5.97 Å². The van der Waals surface area contributed by atoms with Gasteiger partial charge in [-0.05, 0) is 72.9 Å². The molecule has 3 aromatic carbocycles. The van der Waals surface area contributed by atoms with Gasteiger partial charge in [0.2, 0.25) is 0 Å². The lowest BCUT2D eigenvalue weighted by molar-refractivity contribution is -0.155. The van der Waals surface area contributed by atoms with Gasteiger partial charge in [0, 0.05) is 24.2 Å². The Hall–Kier alpha value is -4.06. The SMILES string of the molecule is CCOc1ccc(C(=O)NC2CC3(C2)CC(C(=O)O)C3)c2c1ccn2Cc1ccc(-c2ccccc2)cc1. The molecule has 0 bridgehead atoms. The molecule has 0 radical (unpaired) electrons. The van der Waals surface area contributed by atoms with E-state index in [1.807, 2.05) is 49.5 Å². The third-order valence-corrected chi connectivity index (χ3v) is 8.25. The van der Waals surface area contributed by atoms with Crippen molar-refractivity contribution >= 4 is 22.8 Å². The summed E-state index contributed by atoms with van der Waals surface area (Å²) < 4.78 is 8.00. The van der Waals surface area contributed by atoms with Crippen molar-refractivity contribution in [3.8, 4) is 16.9 Å². The first kappa shape index (κ1) is 24.3. The Bertz CT molecular complexity index is 1480. The van der Waals surface area contributed by atoms with E-state index in [-0.39, 0.29) is 23.3 Å². The Morgan fingerprint density at radius 3 is 2.34 bits per heavy atom. The lowest BCUT2D eigenvalue weighted by Gasteiger charge is -2.56. The number of carboxylic acids is 1. The minimum absolute atomic E-state index is 0.0906. The van der Waals surface area contributed by atoms with Gasteiger partial charge in [-0.3, -0.25) is 9.59 Å². The molecule has 6 heteroatoms. The zero-order valence-corrected chi connectivity index (χ0v) is 21.5. The molecular weight excluding hydrogens is 476 g/mol. The third-order valence-electron chi connectivity index (χ3n) is 8.25. The number of ether oxygens (including phenoxy) is 1. The number of rotatable bonds is 8. The highest BCUT2D eigenvalue weighted by Crippen LogP contribution is 2.58. The van der Waals surface area contributed by atoms with E-state index in [0.29, 0.717) is 18.7 Å². The number of aromatic nitrogens is 1. The normalized spacial score (nSPS) is 22.0. The number of carbonyl (C=O) groups excluding carboxylic acids is 1. The van der Waals surface area contributed by atoms with Gasteiger partial charge in [0.1, 0.15) is 5.75 Å². The molecule has 2 N–H and O–H groups in total. The van der Waals surface area contributed by atoms with Crippen LogP contribution < -0.4 is 10.1 Å². The zero-order chi connectivity index (χ0) is 26.3. The molecule has 1 heterocycles. The quantitative estimate of drug-likeness (QED) is 0.300. The van der Waals surface area contributed by atoms with E-state index >= 15 is 0 Å². The summed E-state index contributed by atoms with van der Waals surface area (Å²) in [4.78, 5) is 24.7. The highest BCUT2D eigenvalue weighted by Gasteiger charge is 2.55. The molecule has 2 aliphatic rings. The van der Waals surface area contributed by atoms with Gasteiger partial charge in [-0.15, -0.1) is 0 Å². The maximum atomic E-state index is 13.5. The predicted octanol–water partition coefficient (Wildman–Crippen LogP) is 6.13. The minimum Gasteiger partial charge on any atom is -0.493 e. The fourth-order valence-electron chi connectivity index (χ4n) is 6.37. The second-order valence-corrected chi connectivity index (χ2v) is 10.8. The van der Waals surface area contributed by atoms with Crippen LogP contribution in [0.3, 0.4) is 0 Å². The molecule has 1 amide bonds. The third kappa shape index (κ3) is 4.44. The first-order valence-corrected chi connectivity index (χ1v) is 13.4. The van der Waals surface area contributed by atoms with Gasteiger partial charge in [0.05, 0.1) is 23.6 Å². The Morgan fingerprint density at radius 1 is 0.947 bits per heavy atom. The zero-order valence-electron chi connectivity index (χ0n) is 21.5. The average Bonchev–Trinajstić information content (AvgIpc) is 3.29. The Labute approximate surface area is 222 Å². The van der Waals surface area contributed by atoms with Crippen molar-refractivity contribution < 1.29 is 19.4 Å². The van der Waals surface area contributed by atoms with E-state index in [2.05, 4.69) is 46.3 Å². The molecule has 0 atom stereocenters. The molecule has 0 aliphatic heterocycles. The molecular formula is C32H32N2O4. The molecule has 0 unspecified atom stereocenters. The molecule has 2 aliphatic carbocycles. The number of nitrogens with zero attached hydrogens (tertiary/aromatic N) is 1. The van der Waals surface area contributed by atoms with Crippen LogP contribution in [0.1, 0.15) is 48.5 Å². The van der Waals surface area contributed by atoms with Crippen molar-refractivity contribution in [2.24, 2.45) is 11.3 Å². The number of aliphatic carboxylic acids is 1. The molecule has 6 nitrogen and oxygen atoms in total. The summed E-state index contributed by atoms with van der Waals surface area (Å²) in [5.41, 5.74) is 5.11. The van der Waals surface area contributed by atoms with Crippen molar-refractivity contribution in [1.29, 1.82) is 0 Å². The summed E-state index contributed by atoms with van der Waals surface area (Å²) in [5.74, 6) is -0.238. The largest absolute Gasteiger partial charge is 0.493 e. The maximum absolute atomic E-state index is 13.5. The molecule has 2 fully saturated rings. The fourth-order valence-corrected chi connectivity index (χ4v) is 6.37. The summed E-state index contributed by atoms with van der Waals surface area (Å²) in [5, 5.41) is 13.3.